The summed E-state index contributed by atoms with van der Waals surface area (Å²) in [6, 6.07) is 1.96. The lowest BCUT2D eigenvalue weighted by Gasteiger charge is -2.02. The number of hydrogen-bond donors (Lipinski definition) is 0. The zero-order valence-corrected chi connectivity index (χ0v) is 9.59. The van der Waals surface area contributed by atoms with Gasteiger partial charge in [0, 0.05) is 17.8 Å². The van der Waals surface area contributed by atoms with Crippen LogP contribution in [0.3, 0.4) is 0 Å². The van der Waals surface area contributed by atoms with Gasteiger partial charge in [-0.05, 0) is 25.8 Å². The molecule has 0 aliphatic heterocycles. The first-order valence-corrected chi connectivity index (χ1v) is 5.81. The lowest BCUT2D eigenvalue weighted by atomic mass is 10.2. The van der Waals surface area contributed by atoms with E-state index in [0.29, 0.717) is 23.7 Å². The third-order valence-electron chi connectivity index (χ3n) is 2.92. The molecule has 2 aromatic heterocycles. The number of nitrogens with zero attached hydrogens (tertiary/aromatic N) is 3. The van der Waals surface area contributed by atoms with E-state index in [1.807, 2.05) is 6.07 Å². The topological polar surface area (TPSA) is 56.5 Å². The molecule has 1 aliphatic carbocycles. The maximum atomic E-state index is 11.7. The Kier molecular flexibility index (Phi) is 2.31. The molecular weight excluding hydrogens is 218 g/mol. The van der Waals surface area contributed by atoms with Crippen molar-refractivity contribution in [2.45, 2.75) is 25.7 Å². The number of aromatic nitrogens is 3. The van der Waals surface area contributed by atoms with Crippen molar-refractivity contribution < 1.29 is 9.53 Å². The van der Waals surface area contributed by atoms with Crippen molar-refractivity contribution in [2.75, 3.05) is 6.61 Å². The first-order chi connectivity index (χ1) is 8.31. The van der Waals surface area contributed by atoms with Crippen LogP contribution in [0.1, 0.15) is 41.7 Å². The number of fused-ring (bicyclic) bond motifs is 1. The van der Waals surface area contributed by atoms with Crippen LogP contribution >= 0.6 is 0 Å². The highest BCUT2D eigenvalue weighted by Gasteiger charge is 2.27. The normalized spacial score (nSPS) is 15.1. The largest absolute Gasteiger partial charge is 0.462 e. The molecule has 0 atom stereocenters. The van der Waals surface area contributed by atoms with Crippen LogP contribution in [-0.2, 0) is 4.74 Å². The van der Waals surface area contributed by atoms with E-state index >= 15 is 0 Å². The third kappa shape index (κ3) is 1.67. The minimum atomic E-state index is -0.358. The predicted octanol–water partition coefficient (Wildman–Crippen LogP) is 1.78. The molecule has 17 heavy (non-hydrogen) atoms. The smallest absolute Gasteiger partial charge is 0.343 e. The standard InChI is InChI=1S/C12H13N3O2/c1-2-17-12(16)9-7-14-15-10(8-3-4-8)5-6-13-11(9)15/h5-8H,2-4H2,1H3. The first kappa shape index (κ1) is 10.3. The van der Waals surface area contributed by atoms with Crippen LogP contribution in [0.25, 0.3) is 5.65 Å². The Morgan fingerprint density at radius 2 is 2.41 bits per heavy atom. The van der Waals surface area contributed by atoms with E-state index in [4.69, 9.17) is 4.74 Å². The molecule has 0 N–H and O–H groups in total. The Balaban J connectivity index is 2.09. The van der Waals surface area contributed by atoms with E-state index < -0.39 is 0 Å². The summed E-state index contributed by atoms with van der Waals surface area (Å²) in [5.74, 6) is 0.207. The molecule has 2 heterocycles. The van der Waals surface area contributed by atoms with Crippen LogP contribution in [-0.4, -0.2) is 27.2 Å². The molecule has 0 aromatic carbocycles. The number of hydrogen-bond acceptors (Lipinski definition) is 4. The van der Waals surface area contributed by atoms with E-state index in [9.17, 15) is 4.79 Å². The average molecular weight is 231 g/mol. The van der Waals surface area contributed by atoms with E-state index in [0.717, 1.165) is 5.69 Å². The molecule has 5 heteroatoms. The van der Waals surface area contributed by atoms with E-state index in [1.54, 1.807) is 17.6 Å². The second-order valence-corrected chi connectivity index (χ2v) is 4.16. The van der Waals surface area contributed by atoms with Crippen LogP contribution in [0.15, 0.2) is 18.5 Å². The van der Waals surface area contributed by atoms with Gasteiger partial charge < -0.3 is 4.74 Å². The van der Waals surface area contributed by atoms with Gasteiger partial charge in [-0.25, -0.2) is 14.3 Å². The molecule has 1 fully saturated rings. The van der Waals surface area contributed by atoms with E-state index in [2.05, 4.69) is 10.1 Å². The quantitative estimate of drug-likeness (QED) is 0.755. The van der Waals surface area contributed by atoms with Crippen molar-refractivity contribution in [3.8, 4) is 0 Å². The summed E-state index contributed by atoms with van der Waals surface area (Å²) in [6.45, 7) is 2.14. The van der Waals surface area contributed by atoms with Gasteiger partial charge in [0.1, 0.15) is 5.56 Å². The van der Waals surface area contributed by atoms with Crippen molar-refractivity contribution in [3.05, 3.63) is 29.7 Å². The Bertz CT molecular complexity index is 572. The van der Waals surface area contributed by atoms with Crippen molar-refractivity contribution in [1.82, 2.24) is 14.6 Å². The van der Waals surface area contributed by atoms with Gasteiger partial charge in [-0.1, -0.05) is 0 Å². The highest BCUT2D eigenvalue weighted by atomic mass is 16.5. The summed E-state index contributed by atoms with van der Waals surface area (Å²) >= 11 is 0. The fraction of sp³-hybridized carbons (Fsp3) is 0.417. The van der Waals surface area contributed by atoms with Gasteiger partial charge in [0.05, 0.1) is 12.8 Å². The summed E-state index contributed by atoms with van der Waals surface area (Å²) in [4.78, 5) is 15.9. The molecule has 5 nitrogen and oxygen atoms in total. The van der Waals surface area contributed by atoms with Gasteiger partial charge in [-0.3, -0.25) is 0 Å². The maximum Gasteiger partial charge on any atom is 0.343 e. The highest BCUT2D eigenvalue weighted by Crippen LogP contribution is 2.39. The Labute approximate surface area is 98.4 Å². The molecule has 0 radical (unpaired) electrons. The molecule has 0 unspecified atom stereocenters. The van der Waals surface area contributed by atoms with Gasteiger partial charge in [0.2, 0.25) is 0 Å². The molecule has 0 bridgehead atoms. The van der Waals surface area contributed by atoms with Gasteiger partial charge in [0.25, 0.3) is 0 Å². The SMILES string of the molecule is CCOC(=O)c1cnn2c(C3CC3)ccnc12. The average Bonchev–Trinajstić information content (AvgIpc) is 3.07. The number of esters is 1. The fourth-order valence-electron chi connectivity index (χ4n) is 1.95. The van der Waals surface area contributed by atoms with E-state index in [-0.39, 0.29) is 5.97 Å². The summed E-state index contributed by atoms with van der Waals surface area (Å²) in [5, 5.41) is 4.24. The van der Waals surface area contributed by atoms with E-state index in [1.165, 1.54) is 19.0 Å². The Morgan fingerprint density at radius 3 is 3.12 bits per heavy atom. The Hall–Kier alpha value is -1.91. The summed E-state index contributed by atoms with van der Waals surface area (Å²) in [7, 11) is 0. The monoisotopic (exact) mass is 231 g/mol. The lowest BCUT2D eigenvalue weighted by Crippen LogP contribution is -2.05. The van der Waals surface area contributed by atoms with Crippen molar-refractivity contribution >= 4 is 11.6 Å². The molecule has 0 saturated heterocycles. The van der Waals surface area contributed by atoms with Crippen LogP contribution in [0, 0.1) is 0 Å². The van der Waals surface area contributed by atoms with Crippen molar-refractivity contribution in [3.63, 3.8) is 0 Å². The first-order valence-electron chi connectivity index (χ1n) is 5.81. The minimum absolute atomic E-state index is 0.358. The van der Waals surface area contributed by atoms with Crippen LogP contribution in [0.4, 0.5) is 0 Å². The zero-order valence-electron chi connectivity index (χ0n) is 9.59. The number of carbonyl (C=O) groups is 1. The molecule has 3 rings (SSSR count). The van der Waals surface area contributed by atoms with Crippen molar-refractivity contribution in [2.24, 2.45) is 0 Å². The molecule has 0 amide bonds. The molecule has 88 valence electrons. The lowest BCUT2D eigenvalue weighted by molar-refractivity contribution is 0.0528. The van der Waals surface area contributed by atoms with Crippen molar-refractivity contribution in [1.29, 1.82) is 0 Å². The molecule has 0 spiro atoms. The number of ether oxygens (including phenoxy) is 1. The maximum absolute atomic E-state index is 11.7. The zero-order chi connectivity index (χ0) is 11.8. The van der Waals surface area contributed by atoms with Crippen LogP contribution in [0.2, 0.25) is 0 Å². The van der Waals surface area contributed by atoms with Gasteiger partial charge in [-0.15, -0.1) is 0 Å². The summed E-state index contributed by atoms with van der Waals surface area (Å²) in [5.41, 5.74) is 2.16. The minimum Gasteiger partial charge on any atom is -0.462 e. The summed E-state index contributed by atoms with van der Waals surface area (Å²) < 4.78 is 6.73. The number of carbonyl (C=O) groups excluding carboxylic acids is 1. The van der Waals surface area contributed by atoms with Gasteiger partial charge in [0.15, 0.2) is 5.65 Å². The molecule has 2 aromatic rings. The highest BCUT2D eigenvalue weighted by molar-refractivity contribution is 5.95. The second kappa shape index (κ2) is 3.84. The van der Waals surface area contributed by atoms with Gasteiger partial charge >= 0.3 is 5.97 Å². The fourth-order valence-corrected chi connectivity index (χ4v) is 1.95. The van der Waals surface area contributed by atoms with Crippen LogP contribution < -0.4 is 0 Å². The predicted molar refractivity (Wildman–Crippen MR) is 60.9 cm³/mol. The second-order valence-electron chi connectivity index (χ2n) is 4.16. The third-order valence-corrected chi connectivity index (χ3v) is 2.92. The molecule has 1 saturated carbocycles. The summed E-state index contributed by atoms with van der Waals surface area (Å²) in [6.07, 6.45) is 5.64. The Morgan fingerprint density at radius 1 is 1.59 bits per heavy atom. The molecule has 1 aliphatic rings. The van der Waals surface area contributed by atoms with Crippen LogP contribution in [0.5, 0.6) is 0 Å². The number of rotatable bonds is 3. The van der Waals surface area contributed by atoms with Gasteiger partial charge in [-0.2, -0.15) is 5.10 Å². The molecular formula is C12H13N3O2.